The Morgan fingerprint density at radius 3 is 2.08 bits per heavy atom. The summed E-state index contributed by atoms with van der Waals surface area (Å²) in [5.74, 6) is -3.37. The minimum absolute atomic E-state index is 0.0969. The summed E-state index contributed by atoms with van der Waals surface area (Å²) in [6.07, 6.45) is 2.56. The fourth-order valence-electron chi connectivity index (χ4n) is 2.92. The quantitative estimate of drug-likeness (QED) is 0.490. The first-order valence-electron chi connectivity index (χ1n) is 7.39. The number of imide groups is 1. The fraction of sp³-hybridized carbons (Fsp3) is 0.0588. The van der Waals surface area contributed by atoms with Crippen LogP contribution in [0.1, 0.15) is 26.3 Å². The van der Waals surface area contributed by atoms with Gasteiger partial charge in [-0.2, -0.15) is 0 Å². The number of aromatic nitrogens is 2. The van der Waals surface area contributed by atoms with Crippen molar-refractivity contribution < 1.29 is 24.2 Å². The Morgan fingerprint density at radius 1 is 1.00 bits per heavy atom. The van der Waals surface area contributed by atoms with Gasteiger partial charge in [0.1, 0.15) is 28.0 Å². The summed E-state index contributed by atoms with van der Waals surface area (Å²) in [6.45, 7) is -0.353. The van der Waals surface area contributed by atoms with Gasteiger partial charge in [0.15, 0.2) is 11.5 Å². The standard InChI is InChI=1S/C17H9BrFN3O4/c18-8-1-2-9(19)7(5-8)6-22-16(25)10-11(17(22)26)15(24)13-12(14(10)23)20-3-4-21-13/h1-5,23-24H,6H2. The van der Waals surface area contributed by atoms with Crippen molar-refractivity contribution in [2.24, 2.45) is 0 Å². The van der Waals surface area contributed by atoms with Crippen molar-refractivity contribution in [1.29, 1.82) is 0 Å². The van der Waals surface area contributed by atoms with E-state index >= 15 is 0 Å². The Hall–Kier alpha value is -3.07. The van der Waals surface area contributed by atoms with Gasteiger partial charge in [0, 0.05) is 22.4 Å². The third kappa shape index (κ3) is 2.24. The van der Waals surface area contributed by atoms with Crippen LogP contribution in [0.3, 0.4) is 0 Å². The maximum atomic E-state index is 14.0. The van der Waals surface area contributed by atoms with Crippen molar-refractivity contribution in [3.8, 4) is 11.5 Å². The van der Waals surface area contributed by atoms with Crippen LogP contribution >= 0.6 is 15.9 Å². The highest BCUT2D eigenvalue weighted by molar-refractivity contribution is 9.10. The van der Waals surface area contributed by atoms with E-state index in [1.807, 2.05) is 0 Å². The molecule has 0 saturated carbocycles. The van der Waals surface area contributed by atoms with Crippen LogP contribution in [-0.2, 0) is 6.54 Å². The molecule has 2 aromatic carbocycles. The van der Waals surface area contributed by atoms with Gasteiger partial charge in [-0.1, -0.05) is 15.9 Å². The molecular weight excluding hydrogens is 409 g/mol. The summed E-state index contributed by atoms with van der Waals surface area (Å²) < 4.78 is 14.6. The summed E-state index contributed by atoms with van der Waals surface area (Å²) in [4.78, 5) is 33.9. The molecule has 0 atom stereocenters. The second-order valence-electron chi connectivity index (χ2n) is 5.63. The zero-order valence-corrected chi connectivity index (χ0v) is 14.5. The van der Waals surface area contributed by atoms with Crippen molar-refractivity contribution in [3.63, 3.8) is 0 Å². The Bertz CT molecular complexity index is 1060. The van der Waals surface area contributed by atoms with Crippen molar-refractivity contribution in [1.82, 2.24) is 14.9 Å². The predicted octanol–water partition coefficient (Wildman–Crippen LogP) is 2.74. The Morgan fingerprint density at radius 2 is 1.54 bits per heavy atom. The van der Waals surface area contributed by atoms with E-state index in [2.05, 4.69) is 25.9 Å². The minimum Gasteiger partial charge on any atom is -0.505 e. The first kappa shape index (κ1) is 16.4. The van der Waals surface area contributed by atoms with E-state index in [1.165, 1.54) is 30.6 Å². The van der Waals surface area contributed by atoms with Crippen molar-refractivity contribution in [2.75, 3.05) is 0 Å². The lowest BCUT2D eigenvalue weighted by atomic mass is 10.1. The lowest BCUT2D eigenvalue weighted by Crippen LogP contribution is -2.29. The monoisotopic (exact) mass is 417 g/mol. The Labute approximate surface area is 153 Å². The van der Waals surface area contributed by atoms with Crippen LogP contribution in [0.25, 0.3) is 11.0 Å². The number of phenolic OH excluding ortho intramolecular Hbond substituents is 2. The van der Waals surface area contributed by atoms with Crippen LogP contribution in [0.2, 0.25) is 0 Å². The lowest BCUT2D eigenvalue weighted by molar-refractivity contribution is 0.0639. The van der Waals surface area contributed by atoms with E-state index in [0.717, 1.165) is 4.90 Å². The highest BCUT2D eigenvalue weighted by Gasteiger charge is 2.42. The molecule has 130 valence electrons. The van der Waals surface area contributed by atoms with Gasteiger partial charge < -0.3 is 10.2 Å². The molecule has 0 fully saturated rings. The molecule has 0 spiro atoms. The van der Waals surface area contributed by atoms with Crippen LogP contribution in [0, 0.1) is 5.82 Å². The zero-order chi connectivity index (χ0) is 18.6. The van der Waals surface area contributed by atoms with Crippen LogP contribution in [0.15, 0.2) is 35.1 Å². The number of hydrogen-bond donors (Lipinski definition) is 2. The third-order valence-corrected chi connectivity index (χ3v) is 4.62. The average Bonchev–Trinajstić information content (AvgIpc) is 2.88. The number of halogens is 2. The number of fused-ring (bicyclic) bond motifs is 2. The number of rotatable bonds is 2. The molecular formula is C17H9BrFN3O4. The van der Waals surface area contributed by atoms with E-state index in [-0.39, 0.29) is 34.3 Å². The van der Waals surface area contributed by atoms with E-state index in [4.69, 9.17) is 0 Å². The largest absolute Gasteiger partial charge is 0.505 e. The van der Waals surface area contributed by atoms with Crippen LogP contribution in [-0.4, -0.2) is 36.9 Å². The van der Waals surface area contributed by atoms with E-state index in [1.54, 1.807) is 0 Å². The smallest absolute Gasteiger partial charge is 0.265 e. The van der Waals surface area contributed by atoms with Crippen molar-refractivity contribution in [2.45, 2.75) is 6.54 Å². The van der Waals surface area contributed by atoms with Crippen molar-refractivity contribution >= 4 is 38.8 Å². The van der Waals surface area contributed by atoms with Gasteiger partial charge in [0.05, 0.1) is 6.54 Å². The molecule has 1 aliphatic rings. The summed E-state index contributed by atoms with van der Waals surface area (Å²) in [5, 5.41) is 20.7. The molecule has 0 unspecified atom stereocenters. The van der Waals surface area contributed by atoms with E-state index < -0.39 is 29.1 Å². The lowest BCUT2D eigenvalue weighted by Gasteiger charge is -2.14. The number of carbonyl (C=O) groups excluding carboxylic acids is 2. The molecule has 0 saturated heterocycles. The minimum atomic E-state index is -0.843. The first-order chi connectivity index (χ1) is 12.4. The molecule has 0 bridgehead atoms. The molecule has 4 rings (SSSR count). The molecule has 9 heteroatoms. The maximum absolute atomic E-state index is 14.0. The fourth-order valence-corrected chi connectivity index (χ4v) is 3.32. The second-order valence-corrected chi connectivity index (χ2v) is 6.55. The molecule has 0 aliphatic carbocycles. The summed E-state index contributed by atoms with van der Waals surface area (Å²) in [7, 11) is 0. The summed E-state index contributed by atoms with van der Waals surface area (Å²) in [6, 6.07) is 4.13. The number of amides is 2. The molecule has 2 amide bonds. The Kier molecular flexibility index (Phi) is 3.62. The van der Waals surface area contributed by atoms with Gasteiger partial charge >= 0.3 is 0 Å². The number of phenols is 2. The van der Waals surface area contributed by atoms with Crippen LogP contribution in [0.4, 0.5) is 4.39 Å². The third-order valence-electron chi connectivity index (χ3n) is 4.12. The molecule has 26 heavy (non-hydrogen) atoms. The van der Waals surface area contributed by atoms with E-state index in [0.29, 0.717) is 4.47 Å². The summed E-state index contributed by atoms with van der Waals surface area (Å²) in [5.41, 5.74) is -0.818. The average molecular weight is 418 g/mol. The van der Waals surface area contributed by atoms with Crippen molar-refractivity contribution in [3.05, 3.63) is 57.6 Å². The number of aromatic hydroxyl groups is 2. The molecule has 0 radical (unpaired) electrons. The predicted molar refractivity (Wildman–Crippen MR) is 91.2 cm³/mol. The van der Waals surface area contributed by atoms with Gasteiger partial charge in [-0.3, -0.25) is 14.5 Å². The number of carbonyl (C=O) groups is 2. The van der Waals surface area contributed by atoms with Gasteiger partial charge in [0.25, 0.3) is 11.8 Å². The van der Waals surface area contributed by atoms with Gasteiger partial charge in [-0.05, 0) is 18.2 Å². The normalized spacial score (nSPS) is 13.5. The molecule has 1 aliphatic heterocycles. The highest BCUT2D eigenvalue weighted by Crippen LogP contribution is 2.42. The Balaban J connectivity index is 1.86. The first-order valence-corrected chi connectivity index (χ1v) is 8.18. The molecule has 1 aromatic heterocycles. The molecule has 3 aromatic rings. The van der Waals surface area contributed by atoms with Gasteiger partial charge in [-0.25, -0.2) is 14.4 Å². The molecule has 7 nitrogen and oxygen atoms in total. The van der Waals surface area contributed by atoms with Gasteiger partial charge in [0.2, 0.25) is 0 Å². The molecule has 2 N–H and O–H groups in total. The van der Waals surface area contributed by atoms with Crippen LogP contribution < -0.4 is 0 Å². The van der Waals surface area contributed by atoms with Crippen LogP contribution in [0.5, 0.6) is 11.5 Å². The topological polar surface area (TPSA) is 104 Å². The zero-order valence-electron chi connectivity index (χ0n) is 12.9. The number of nitrogens with zero attached hydrogens (tertiary/aromatic N) is 3. The van der Waals surface area contributed by atoms with E-state index in [9.17, 15) is 24.2 Å². The SMILES string of the molecule is O=C1c2c(c(O)c3nccnc3c2O)C(=O)N1Cc1cc(Br)ccc1F. The van der Waals surface area contributed by atoms with Gasteiger partial charge in [-0.15, -0.1) is 0 Å². The number of benzene rings is 2. The summed E-state index contributed by atoms with van der Waals surface area (Å²) >= 11 is 3.21. The maximum Gasteiger partial charge on any atom is 0.265 e. The molecule has 2 heterocycles. The highest BCUT2D eigenvalue weighted by atomic mass is 79.9. The second kappa shape index (κ2) is 5.73. The number of hydrogen-bond acceptors (Lipinski definition) is 6.